The third-order valence-electron chi connectivity index (χ3n) is 4.69. The highest BCUT2D eigenvalue weighted by molar-refractivity contribution is 5.77. The van der Waals surface area contributed by atoms with Crippen LogP contribution in [-0.2, 0) is 6.42 Å². The summed E-state index contributed by atoms with van der Waals surface area (Å²) >= 11 is 0. The van der Waals surface area contributed by atoms with Crippen LogP contribution in [-0.4, -0.2) is 19.1 Å². The fraction of sp³-hybridized carbons (Fsp3) is 0.600. The number of benzene rings is 1. The highest BCUT2D eigenvalue weighted by atomic mass is 15.2. The summed E-state index contributed by atoms with van der Waals surface area (Å²) in [5.74, 6) is 0. The summed E-state index contributed by atoms with van der Waals surface area (Å²) in [4.78, 5) is 2.57. The second kappa shape index (κ2) is 3.94. The lowest BCUT2D eigenvalue weighted by atomic mass is 9.90. The molecule has 0 atom stereocenters. The molecule has 1 N–H and O–H groups in total. The fourth-order valence-corrected chi connectivity index (χ4v) is 3.58. The van der Waals surface area contributed by atoms with Gasteiger partial charge in [0.15, 0.2) is 0 Å². The van der Waals surface area contributed by atoms with Crippen molar-refractivity contribution < 1.29 is 0 Å². The van der Waals surface area contributed by atoms with E-state index in [4.69, 9.17) is 0 Å². The number of aryl methyl sites for hydroxylation is 1. The van der Waals surface area contributed by atoms with Crippen LogP contribution in [0.25, 0.3) is 0 Å². The van der Waals surface area contributed by atoms with Gasteiger partial charge in [-0.1, -0.05) is 31.9 Å². The standard InChI is InChI=1S/C15H22N2/c1-3-12-7-6-8-13-14(12)17(2)15(11-16-13)9-4-5-10-15/h6-8,16H,3-5,9-11H2,1-2H3. The number of rotatable bonds is 1. The smallest absolute Gasteiger partial charge is 0.0637 e. The van der Waals surface area contributed by atoms with Gasteiger partial charge >= 0.3 is 0 Å². The van der Waals surface area contributed by atoms with Crippen molar-refractivity contribution in [2.45, 2.75) is 44.6 Å². The molecule has 17 heavy (non-hydrogen) atoms. The molecule has 0 aromatic heterocycles. The summed E-state index contributed by atoms with van der Waals surface area (Å²) in [7, 11) is 2.30. The van der Waals surface area contributed by atoms with Crippen molar-refractivity contribution in [3.05, 3.63) is 23.8 Å². The first-order valence-electron chi connectivity index (χ1n) is 6.86. The zero-order valence-electron chi connectivity index (χ0n) is 10.9. The number of nitrogens with one attached hydrogen (secondary N) is 1. The maximum absolute atomic E-state index is 3.66. The zero-order chi connectivity index (χ0) is 11.9. The molecule has 1 heterocycles. The van der Waals surface area contributed by atoms with Gasteiger partial charge in [-0.3, -0.25) is 0 Å². The predicted molar refractivity (Wildman–Crippen MR) is 73.9 cm³/mol. The number of hydrogen-bond acceptors (Lipinski definition) is 2. The summed E-state index contributed by atoms with van der Waals surface area (Å²) in [5.41, 5.74) is 4.63. The van der Waals surface area contributed by atoms with Crippen molar-refractivity contribution in [3.63, 3.8) is 0 Å². The number of para-hydroxylation sites is 1. The third-order valence-corrected chi connectivity index (χ3v) is 4.69. The van der Waals surface area contributed by atoms with Gasteiger partial charge in [0.05, 0.1) is 16.9 Å². The van der Waals surface area contributed by atoms with E-state index in [0.717, 1.165) is 13.0 Å². The monoisotopic (exact) mass is 230 g/mol. The number of nitrogens with zero attached hydrogens (tertiary/aromatic N) is 1. The Bertz CT molecular complexity index is 405. The van der Waals surface area contributed by atoms with Crippen molar-refractivity contribution in [3.8, 4) is 0 Å². The second-order valence-corrected chi connectivity index (χ2v) is 5.51. The van der Waals surface area contributed by atoms with E-state index in [1.165, 1.54) is 42.6 Å². The molecule has 1 saturated carbocycles. The average molecular weight is 230 g/mol. The SMILES string of the molecule is CCc1cccc2c1N(C)C1(CCCC1)CN2. The van der Waals surface area contributed by atoms with E-state index in [9.17, 15) is 0 Å². The molecule has 1 aliphatic carbocycles. The molecule has 1 aromatic rings. The first kappa shape index (κ1) is 10.9. The molecular formula is C15H22N2. The molecular weight excluding hydrogens is 208 g/mol. The molecule has 3 rings (SSSR count). The van der Waals surface area contributed by atoms with Gasteiger partial charge in [0.1, 0.15) is 0 Å². The molecule has 0 bridgehead atoms. The Morgan fingerprint density at radius 3 is 2.76 bits per heavy atom. The number of fused-ring (bicyclic) bond motifs is 1. The van der Waals surface area contributed by atoms with Gasteiger partial charge in [-0.05, 0) is 30.9 Å². The zero-order valence-corrected chi connectivity index (χ0v) is 10.9. The van der Waals surface area contributed by atoms with Gasteiger partial charge in [0, 0.05) is 13.6 Å². The molecule has 0 saturated heterocycles. The van der Waals surface area contributed by atoms with Crippen LogP contribution in [0.1, 0.15) is 38.2 Å². The molecule has 2 nitrogen and oxygen atoms in total. The normalized spacial score (nSPS) is 21.4. The van der Waals surface area contributed by atoms with Crippen LogP contribution in [0.4, 0.5) is 11.4 Å². The molecule has 2 aliphatic rings. The van der Waals surface area contributed by atoms with Gasteiger partial charge < -0.3 is 10.2 Å². The predicted octanol–water partition coefficient (Wildman–Crippen LogP) is 3.42. The van der Waals surface area contributed by atoms with Gasteiger partial charge in [-0.15, -0.1) is 0 Å². The molecule has 1 aromatic carbocycles. The number of likely N-dealkylation sites (N-methyl/N-ethyl adjacent to an activating group) is 1. The van der Waals surface area contributed by atoms with Gasteiger partial charge in [-0.25, -0.2) is 0 Å². The van der Waals surface area contributed by atoms with E-state index in [-0.39, 0.29) is 0 Å². The van der Waals surface area contributed by atoms with Crippen LogP contribution in [0.2, 0.25) is 0 Å². The topological polar surface area (TPSA) is 15.3 Å². The first-order valence-corrected chi connectivity index (χ1v) is 6.86. The summed E-state index contributed by atoms with van der Waals surface area (Å²) in [5, 5.41) is 3.66. The minimum absolute atomic E-state index is 0.387. The number of anilines is 2. The molecule has 0 amide bonds. The maximum atomic E-state index is 3.66. The quantitative estimate of drug-likeness (QED) is 0.795. The van der Waals surface area contributed by atoms with Crippen molar-refractivity contribution in [2.75, 3.05) is 23.8 Å². The van der Waals surface area contributed by atoms with Crippen LogP contribution in [0, 0.1) is 0 Å². The van der Waals surface area contributed by atoms with E-state index in [0.29, 0.717) is 5.54 Å². The van der Waals surface area contributed by atoms with Gasteiger partial charge in [0.25, 0.3) is 0 Å². The molecule has 0 radical (unpaired) electrons. The van der Waals surface area contributed by atoms with Crippen LogP contribution in [0.15, 0.2) is 18.2 Å². The third kappa shape index (κ3) is 1.54. The van der Waals surface area contributed by atoms with E-state index in [1.54, 1.807) is 0 Å². The summed E-state index contributed by atoms with van der Waals surface area (Å²) in [6.07, 6.45) is 6.57. The Morgan fingerprint density at radius 1 is 1.29 bits per heavy atom. The second-order valence-electron chi connectivity index (χ2n) is 5.51. The molecule has 0 unspecified atom stereocenters. The lowest BCUT2D eigenvalue weighted by Crippen LogP contribution is -2.53. The Hall–Kier alpha value is -1.18. The van der Waals surface area contributed by atoms with E-state index >= 15 is 0 Å². The number of hydrogen-bond donors (Lipinski definition) is 1. The Kier molecular flexibility index (Phi) is 2.53. The Balaban J connectivity index is 2.06. The van der Waals surface area contributed by atoms with Crippen LogP contribution in [0.5, 0.6) is 0 Å². The van der Waals surface area contributed by atoms with Crippen molar-refractivity contribution >= 4 is 11.4 Å². The van der Waals surface area contributed by atoms with Crippen LogP contribution in [0.3, 0.4) is 0 Å². The summed E-state index contributed by atoms with van der Waals surface area (Å²) in [6, 6.07) is 6.66. The summed E-state index contributed by atoms with van der Waals surface area (Å²) < 4.78 is 0. The van der Waals surface area contributed by atoms with Crippen LogP contribution < -0.4 is 10.2 Å². The summed E-state index contributed by atoms with van der Waals surface area (Å²) in [6.45, 7) is 3.36. The minimum Gasteiger partial charge on any atom is -0.381 e. The molecule has 1 fully saturated rings. The first-order chi connectivity index (χ1) is 8.27. The van der Waals surface area contributed by atoms with E-state index in [1.807, 2.05) is 0 Å². The lowest BCUT2D eigenvalue weighted by Gasteiger charge is -2.46. The maximum Gasteiger partial charge on any atom is 0.0637 e. The molecule has 2 heteroatoms. The fourth-order valence-electron chi connectivity index (χ4n) is 3.58. The highest BCUT2D eigenvalue weighted by Gasteiger charge is 2.41. The highest BCUT2D eigenvalue weighted by Crippen LogP contribution is 2.44. The molecule has 92 valence electrons. The van der Waals surface area contributed by atoms with Crippen molar-refractivity contribution in [2.24, 2.45) is 0 Å². The largest absolute Gasteiger partial charge is 0.381 e. The van der Waals surface area contributed by atoms with Crippen molar-refractivity contribution in [1.29, 1.82) is 0 Å². The Labute approximate surface area is 104 Å². The lowest BCUT2D eigenvalue weighted by molar-refractivity contribution is 0.428. The van der Waals surface area contributed by atoms with E-state index in [2.05, 4.69) is 42.4 Å². The minimum atomic E-state index is 0.387. The van der Waals surface area contributed by atoms with Gasteiger partial charge in [0.2, 0.25) is 0 Å². The van der Waals surface area contributed by atoms with Crippen LogP contribution >= 0.6 is 0 Å². The molecule has 1 aliphatic heterocycles. The molecule has 1 spiro atoms. The van der Waals surface area contributed by atoms with Crippen molar-refractivity contribution in [1.82, 2.24) is 0 Å². The van der Waals surface area contributed by atoms with E-state index < -0.39 is 0 Å². The average Bonchev–Trinajstić information content (AvgIpc) is 2.83. The Morgan fingerprint density at radius 2 is 2.06 bits per heavy atom. The van der Waals surface area contributed by atoms with Gasteiger partial charge in [-0.2, -0.15) is 0 Å².